The first-order chi connectivity index (χ1) is 14.8. The minimum absolute atomic E-state index is 0.0358. The van der Waals surface area contributed by atoms with Crippen molar-refractivity contribution in [3.05, 3.63) is 80.0 Å². The molecule has 2 aromatic heterocycles. The van der Waals surface area contributed by atoms with Crippen LogP contribution >= 0.6 is 23.1 Å². The van der Waals surface area contributed by atoms with Crippen LogP contribution in [0, 0.1) is 16.7 Å². The maximum atomic E-state index is 13.2. The lowest BCUT2D eigenvalue weighted by atomic mass is 9.87. The smallest absolute Gasteiger partial charge is 0.269 e. The van der Waals surface area contributed by atoms with Crippen LogP contribution in [0.1, 0.15) is 26.3 Å². The summed E-state index contributed by atoms with van der Waals surface area (Å²) in [5.74, 6) is 0.376. The quantitative estimate of drug-likeness (QED) is 0.540. The molecule has 0 atom stereocenters. The monoisotopic (exact) mass is 449 g/mol. The van der Waals surface area contributed by atoms with Crippen LogP contribution in [0.3, 0.4) is 0 Å². The number of hydrogen-bond donors (Lipinski definition) is 0. The van der Waals surface area contributed by atoms with E-state index in [1.54, 1.807) is 55.6 Å². The molecule has 3 rings (SSSR count). The molecule has 5 nitrogen and oxygen atoms in total. The summed E-state index contributed by atoms with van der Waals surface area (Å²) in [4.78, 5) is 31.2. The number of nitriles is 1. The lowest BCUT2D eigenvalue weighted by Crippen LogP contribution is -2.35. The van der Waals surface area contributed by atoms with Crippen LogP contribution in [0.15, 0.2) is 64.5 Å². The Balaban J connectivity index is 2.12. The van der Waals surface area contributed by atoms with Crippen molar-refractivity contribution in [3.63, 3.8) is 0 Å². The first-order valence-electron chi connectivity index (χ1n) is 9.79. The third kappa shape index (κ3) is 5.60. The number of ketones is 1. The number of thioether (sulfide) groups is 1. The van der Waals surface area contributed by atoms with E-state index in [0.29, 0.717) is 21.5 Å². The zero-order valence-electron chi connectivity index (χ0n) is 17.7. The number of pyridine rings is 1. The summed E-state index contributed by atoms with van der Waals surface area (Å²) in [6, 6.07) is 15.6. The largest absolute Gasteiger partial charge is 0.297 e. The molecule has 3 aromatic rings. The van der Waals surface area contributed by atoms with Crippen LogP contribution in [0.25, 0.3) is 11.6 Å². The molecule has 158 valence electrons. The number of aromatic nitrogens is 2. The number of carbonyl (C=O) groups excluding carboxylic acids is 1. The molecular formula is C24H23N3O2S2. The van der Waals surface area contributed by atoms with E-state index in [1.807, 2.05) is 42.5 Å². The second-order valence-electron chi connectivity index (χ2n) is 7.88. The number of nitrogens with zero attached hydrogens (tertiary/aromatic N) is 3. The SMILES string of the molecule is CC(C)(C)C(=O)/C(C#N)=c1\s/c(=C\c2ccncc2)c(=O)n1CCSc1ccccc1. The second-order valence-corrected chi connectivity index (χ2v) is 10.1. The lowest BCUT2D eigenvalue weighted by molar-refractivity contribution is -0.120. The minimum Gasteiger partial charge on any atom is -0.297 e. The summed E-state index contributed by atoms with van der Waals surface area (Å²) in [5, 5.41) is 9.79. The summed E-state index contributed by atoms with van der Waals surface area (Å²) in [6.45, 7) is 5.73. The van der Waals surface area contributed by atoms with Gasteiger partial charge in [0.1, 0.15) is 16.3 Å². The topological polar surface area (TPSA) is 75.8 Å². The van der Waals surface area contributed by atoms with Crippen LogP contribution in [-0.2, 0) is 11.3 Å². The van der Waals surface area contributed by atoms with Crippen molar-refractivity contribution in [2.45, 2.75) is 32.2 Å². The van der Waals surface area contributed by atoms with Crippen molar-refractivity contribution >= 4 is 40.5 Å². The lowest BCUT2D eigenvalue weighted by Gasteiger charge is -2.15. The molecule has 0 amide bonds. The summed E-state index contributed by atoms with van der Waals surface area (Å²) < 4.78 is 2.47. The van der Waals surface area contributed by atoms with E-state index in [-0.39, 0.29) is 16.9 Å². The van der Waals surface area contributed by atoms with E-state index in [9.17, 15) is 14.9 Å². The molecule has 0 radical (unpaired) electrons. The Morgan fingerprint density at radius 1 is 1.19 bits per heavy atom. The summed E-state index contributed by atoms with van der Waals surface area (Å²) in [5.41, 5.74) is -0.0380. The van der Waals surface area contributed by atoms with Gasteiger partial charge in [-0.2, -0.15) is 5.26 Å². The van der Waals surface area contributed by atoms with Crippen LogP contribution in [-0.4, -0.2) is 21.1 Å². The van der Waals surface area contributed by atoms with E-state index in [1.165, 1.54) is 11.3 Å². The normalized spacial score (nSPS) is 13.0. The molecule has 7 heteroatoms. The fourth-order valence-electron chi connectivity index (χ4n) is 2.86. The highest BCUT2D eigenvalue weighted by molar-refractivity contribution is 7.99. The molecule has 0 bridgehead atoms. The predicted molar refractivity (Wildman–Crippen MR) is 126 cm³/mol. The van der Waals surface area contributed by atoms with Gasteiger partial charge in [0.2, 0.25) is 0 Å². The number of Topliss-reactive ketones (excluding diaryl/α,β-unsaturated/α-hetero) is 1. The van der Waals surface area contributed by atoms with Gasteiger partial charge in [-0.05, 0) is 35.9 Å². The van der Waals surface area contributed by atoms with Gasteiger partial charge in [-0.15, -0.1) is 23.1 Å². The zero-order valence-corrected chi connectivity index (χ0v) is 19.3. The third-order valence-corrected chi connectivity index (χ3v) is 6.59. The van der Waals surface area contributed by atoms with Gasteiger partial charge in [-0.3, -0.25) is 19.1 Å². The highest BCUT2D eigenvalue weighted by Crippen LogP contribution is 2.20. The first kappa shape index (κ1) is 22.7. The van der Waals surface area contributed by atoms with Crippen molar-refractivity contribution in [1.82, 2.24) is 9.55 Å². The van der Waals surface area contributed by atoms with Gasteiger partial charge in [-0.25, -0.2) is 0 Å². The average Bonchev–Trinajstić information content (AvgIpc) is 3.05. The molecule has 1 aromatic carbocycles. The summed E-state index contributed by atoms with van der Waals surface area (Å²) >= 11 is 2.82. The molecule has 0 N–H and O–H groups in total. The number of thiazole rings is 1. The van der Waals surface area contributed by atoms with E-state index < -0.39 is 5.41 Å². The molecule has 0 unspecified atom stereocenters. The van der Waals surface area contributed by atoms with Crippen molar-refractivity contribution in [3.8, 4) is 6.07 Å². The van der Waals surface area contributed by atoms with Crippen LogP contribution in [0.5, 0.6) is 0 Å². The number of carbonyl (C=O) groups is 1. The third-order valence-electron chi connectivity index (χ3n) is 4.47. The molecular weight excluding hydrogens is 426 g/mol. The Kier molecular flexibility index (Phi) is 7.26. The van der Waals surface area contributed by atoms with Gasteiger partial charge in [0, 0.05) is 35.0 Å². The summed E-state index contributed by atoms with van der Waals surface area (Å²) in [7, 11) is 0. The second kappa shape index (κ2) is 9.90. The molecule has 0 spiro atoms. The molecule has 0 fully saturated rings. The Labute approximate surface area is 189 Å². The van der Waals surface area contributed by atoms with Gasteiger partial charge in [0.05, 0.1) is 4.53 Å². The van der Waals surface area contributed by atoms with E-state index in [0.717, 1.165) is 10.5 Å². The highest BCUT2D eigenvalue weighted by Gasteiger charge is 2.27. The summed E-state index contributed by atoms with van der Waals surface area (Å²) in [6.07, 6.45) is 5.09. The van der Waals surface area contributed by atoms with Crippen LogP contribution < -0.4 is 14.8 Å². The Morgan fingerprint density at radius 3 is 2.48 bits per heavy atom. The molecule has 31 heavy (non-hydrogen) atoms. The maximum Gasteiger partial charge on any atom is 0.269 e. The van der Waals surface area contributed by atoms with Crippen molar-refractivity contribution in [2.24, 2.45) is 5.41 Å². The van der Waals surface area contributed by atoms with E-state index in [4.69, 9.17) is 0 Å². The molecule has 0 aliphatic carbocycles. The van der Waals surface area contributed by atoms with Crippen LogP contribution in [0.4, 0.5) is 0 Å². The van der Waals surface area contributed by atoms with Crippen LogP contribution in [0.2, 0.25) is 0 Å². The van der Waals surface area contributed by atoms with E-state index >= 15 is 0 Å². The Bertz CT molecular complexity index is 1280. The number of benzene rings is 1. The number of hydrogen-bond acceptors (Lipinski definition) is 6. The Hall–Kier alpha value is -2.95. The molecule has 0 saturated carbocycles. The highest BCUT2D eigenvalue weighted by atomic mass is 32.2. The van der Waals surface area contributed by atoms with Crippen molar-refractivity contribution < 1.29 is 4.79 Å². The maximum absolute atomic E-state index is 13.2. The zero-order chi connectivity index (χ0) is 22.4. The number of rotatable bonds is 6. The van der Waals surface area contributed by atoms with Gasteiger partial charge in [-0.1, -0.05) is 39.0 Å². The predicted octanol–water partition coefficient (Wildman–Crippen LogP) is 3.22. The molecule has 0 saturated heterocycles. The minimum atomic E-state index is -0.719. The Morgan fingerprint density at radius 2 is 1.87 bits per heavy atom. The van der Waals surface area contributed by atoms with Gasteiger partial charge < -0.3 is 0 Å². The standard InChI is InChI=1S/C24H23N3O2S2/c1-24(2,3)21(28)19(16-25)23-27(13-14-30-18-7-5-4-6-8-18)22(29)20(31-23)15-17-9-11-26-12-10-17/h4-12,15H,13-14H2,1-3H3/b20-15-,23-19-. The van der Waals surface area contributed by atoms with Gasteiger partial charge in [0.25, 0.3) is 5.56 Å². The fourth-order valence-corrected chi connectivity index (χ4v) is 4.85. The molecule has 0 aliphatic heterocycles. The van der Waals surface area contributed by atoms with Gasteiger partial charge in [0.15, 0.2) is 5.78 Å². The van der Waals surface area contributed by atoms with Crippen molar-refractivity contribution in [2.75, 3.05) is 5.75 Å². The first-order valence-corrected chi connectivity index (χ1v) is 11.6. The van der Waals surface area contributed by atoms with Gasteiger partial charge >= 0.3 is 0 Å². The average molecular weight is 450 g/mol. The molecule has 0 aliphatic rings. The fraction of sp³-hybridized carbons (Fsp3) is 0.250. The van der Waals surface area contributed by atoms with E-state index in [2.05, 4.69) is 11.1 Å². The molecule has 2 heterocycles. The van der Waals surface area contributed by atoms with Crippen molar-refractivity contribution in [1.29, 1.82) is 5.26 Å².